The predicted molar refractivity (Wildman–Crippen MR) is 93.3 cm³/mol. The lowest BCUT2D eigenvalue weighted by Crippen LogP contribution is -2.12. The molecule has 3 aromatic rings. The first-order valence-electron chi connectivity index (χ1n) is 8.08. The molecule has 26 heavy (non-hydrogen) atoms. The van der Waals surface area contributed by atoms with Crippen LogP contribution in [0.25, 0.3) is 16.8 Å². The summed E-state index contributed by atoms with van der Waals surface area (Å²) in [6, 6.07) is 8.51. The average molecular weight is 364 g/mol. The summed E-state index contributed by atoms with van der Waals surface area (Å²) in [4.78, 5) is 4.33. The van der Waals surface area contributed by atoms with Gasteiger partial charge in [-0.05, 0) is 19.4 Å². The van der Waals surface area contributed by atoms with Gasteiger partial charge < -0.3 is 10.1 Å². The summed E-state index contributed by atoms with van der Waals surface area (Å²) in [7, 11) is 1.56. The van der Waals surface area contributed by atoms with Crippen LogP contribution in [0.4, 0.5) is 19.0 Å². The maximum Gasteiger partial charge on any atom is 0.435 e. The number of alkyl halides is 3. The number of ether oxygens (including phenoxy) is 1. The molecular weight excluding hydrogens is 345 g/mol. The van der Waals surface area contributed by atoms with E-state index in [1.807, 2.05) is 6.92 Å². The Morgan fingerprint density at radius 2 is 1.85 bits per heavy atom. The van der Waals surface area contributed by atoms with Crippen molar-refractivity contribution in [1.82, 2.24) is 14.6 Å². The van der Waals surface area contributed by atoms with E-state index in [-0.39, 0.29) is 11.2 Å². The standard InChI is InChI=1S/C18H19F3N4O/c1-11-4-6-13(7-5-11)15-16(18(19,20)21)24-25-14(22-8-9-26-3)10-12(2)23-17(15)25/h4-7,10,22H,8-9H2,1-3H3. The number of anilines is 1. The lowest BCUT2D eigenvalue weighted by molar-refractivity contribution is -0.140. The van der Waals surface area contributed by atoms with Gasteiger partial charge in [0.25, 0.3) is 0 Å². The molecule has 0 spiro atoms. The molecule has 1 N–H and O–H groups in total. The van der Waals surface area contributed by atoms with Crippen molar-refractivity contribution >= 4 is 11.5 Å². The molecule has 0 atom stereocenters. The number of nitrogens with one attached hydrogen (secondary N) is 1. The molecule has 2 aromatic heterocycles. The zero-order valence-electron chi connectivity index (χ0n) is 14.7. The van der Waals surface area contributed by atoms with Crippen molar-refractivity contribution in [2.45, 2.75) is 20.0 Å². The molecule has 2 heterocycles. The van der Waals surface area contributed by atoms with Gasteiger partial charge in [0.05, 0.1) is 12.2 Å². The van der Waals surface area contributed by atoms with Crippen molar-refractivity contribution in [2.24, 2.45) is 0 Å². The molecule has 1 aromatic carbocycles. The summed E-state index contributed by atoms with van der Waals surface area (Å²) in [6.07, 6.45) is -4.59. The van der Waals surface area contributed by atoms with Crippen LogP contribution in [0.2, 0.25) is 0 Å². The van der Waals surface area contributed by atoms with Crippen LogP contribution in [0, 0.1) is 13.8 Å². The van der Waals surface area contributed by atoms with E-state index < -0.39 is 11.9 Å². The Balaban J connectivity index is 2.25. The van der Waals surface area contributed by atoms with Crippen molar-refractivity contribution in [2.75, 3.05) is 25.6 Å². The van der Waals surface area contributed by atoms with Gasteiger partial charge >= 0.3 is 6.18 Å². The van der Waals surface area contributed by atoms with Gasteiger partial charge in [0.2, 0.25) is 0 Å². The van der Waals surface area contributed by atoms with Gasteiger partial charge in [-0.3, -0.25) is 0 Å². The molecule has 0 amide bonds. The Bertz CT molecular complexity index is 917. The highest BCUT2D eigenvalue weighted by molar-refractivity contribution is 5.81. The van der Waals surface area contributed by atoms with Gasteiger partial charge in [0.15, 0.2) is 11.3 Å². The van der Waals surface area contributed by atoms with E-state index in [2.05, 4.69) is 15.4 Å². The van der Waals surface area contributed by atoms with Crippen molar-refractivity contribution in [3.8, 4) is 11.1 Å². The Morgan fingerprint density at radius 1 is 1.15 bits per heavy atom. The van der Waals surface area contributed by atoms with Crippen LogP contribution >= 0.6 is 0 Å². The van der Waals surface area contributed by atoms with E-state index in [1.54, 1.807) is 44.4 Å². The molecule has 5 nitrogen and oxygen atoms in total. The summed E-state index contributed by atoms with van der Waals surface area (Å²) < 4.78 is 47.1. The number of aromatic nitrogens is 3. The molecule has 138 valence electrons. The average Bonchev–Trinajstić information content (AvgIpc) is 2.95. The summed E-state index contributed by atoms with van der Waals surface area (Å²) in [5, 5.41) is 6.88. The molecular formula is C18H19F3N4O. The fraction of sp³-hybridized carbons (Fsp3) is 0.333. The first-order chi connectivity index (χ1) is 12.3. The fourth-order valence-electron chi connectivity index (χ4n) is 2.73. The minimum atomic E-state index is -4.59. The SMILES string of the molecule is COCCNc1cc(C)nc2c(-c3ccc(C)cc3)c(C(F)(F)F)nn12. The summed E-state index contributed by atoms with van der Waals surface area (Å²) >= 11 is 0. The van der Waals surface area contributed by atoms with Crippen molar-refractivity contribution in [1.29, 1.82) is 0 Å². The van der Waals surface area contributed by atoms with Gasteiger partial charge in [-0.15, -0.1) is 0 Å². The van der Waals surface area contributed by atoms with Crippen LogP contribution in [-0.4, -0.2) is 34.9 Å². The zero-order chi connectivity index (χ0) is 18.9. The smallest absolute Gasteiger partial charge is 0.383 e. The highest BCUT2D eigenvalue weighted by Gasteiger charge is 2.39. The summed E-state index contributed by atoms with van der Waals surface area (Å²) in [5.41, 5.74) is 1.19. The van der Waals surface area contributed by atoms with E-state index in [9.17, 15) is 13.2 Å². The monoisotopic (exact) mass is 364 g/mol. The number of benzene rings is 1. The van der Waals surface area contributed by atoms with Crippen molar-refractivity contribution in [3.05, 3.63) is 47.3 Å². The Hall–Kier alpha value is -2.61. The second kappa shape index (κ2) is 6.95. The molecule has 8 heteroatoms. The molecule has 0 radical (unpaired) electrons. The first kappa shape index (κ1) is 18.2. The van der Waals surface area contributed by atoms with Crippen LogP contribution in [0.1, 0.15) is 17.0 Å². The van der Waals surface area contributed by atoms with Crippen molar-refractivity contribution < 1.29 is 17.9 Å². The zero-order valence-corrected chi connectivity index (χ0v) is 14.7. The minimum Gasteiger partial charge on any atom is -0.383 e. The maximum absolute atomic E-state index is 13.6. The third-order valence-corrected chi connectivity index (χ3v) is 3.94. The van der Waals surface area contributed by atoms with E-state index in [1.165, 1.54) is 4.52 Å². The van der Waals surface area contributed by atoms with Crippen LogP contribution < -0.4 is 5.32 Å². The second-order valence-corrected chi connectivity index (χ2v) is 6.03. The third kappa shape index (κ3) is 3.50. The summed E-state index contributed by atoms with van der Waals surface area (Å²) in [5.74, 6) is 0.438. The van der Waals surface area contributed by atoms with Gasteiger partial charge in [-0.25, -0.2) is 4.98 Å². The van der Waals surface area contributed by atoms with E-state index >= 15 is 0 Å². The normalized spacial score (nSPS) is 11.9. The molecule has 0 unspecified atom stereocenters. The third-order valence-electron chi connectivity index (χ3n) is 3.94. The van der Waals surface area contributed by atoms with Gasteiger partial charge in [0.1, 0.15) is 5.82 Å². The van der Waals surface area contributed by atoms with Crippen LogP contribution in [-0.2, 0) is 10.9 Å². The lowest BCUT2D eigenvalue weighted by atomic mass is 10.0. The number of halogens is 3. The molecule has 0 fully saturated rings. The molecule has 0 saturated carbocycles. The van der Waals surface area contributed by atoms with Gasteiger partial charge in [-0.2, -0.15) is 22.8 Å². The van der Waals surface area contributed by atoms with Crippen LogP contribution in [0.15, 0.2) is 30.3 Å². The van der Waals surface area contributed by atoms with E-state index in [0.29, 0.717) is 30.2 Å². The fourth-order valence-corrected chi connectivity index (χ4v) is 2.73. The molecule has 0 saturated heterocycles. The number of fused-ring (bicyclic) bond motifs is 1. The number of hydrogen-bond donors (Lipinski definition) is 1. The van der Waals surface area contributed by atoms with Crippen LogP contribution in [0.3, 0.4) is 0 Å². The molecule has 0 aliphatic carbocycles. The summed E-state index contributed by atoms with van der Waals surface area (Å²) in [6.45, 7) is 4.47. The Kier molecular flexibility index (Phi) is 4.86. The second-order valence-electron chi connectivity index (χ2n) is 6.03. The van der Waals surface area contributed by atoms with E-state index in [0.717, 1.165) is 5.56 Å². The van der Waals surface area contributed by atoms with E-state index in [4.69, 9.17) is 4.74 Å². The first-order valence-corrected chi connectivity index (χ1v) is 8.08. The number of methoxy groups -OCH3 is 1. The number of hydrogen-bond acceptors (Lipinski definition) is 4. The number of rotatable bonds is 5. The number of nitrogens with zero attached hydrogens (tertiary/aromatic N) is 3. The predicted octanol–water partition coefficient (Wildman–Crippen LogP) is 4.09. The Morgan fingerprint density at radius 3 is 2.46 bits per heavy atom. The highest BCUT2D eigenvalue weighted by atomic mass is 19.4. The molecule has 0 aliphatic rings. The quantitative estimate of drug-likeness (QED) is 0.693. The van der Waals surface area contributed by atoms with Gasteiger partial charge in [0, 0.05) is 25.4 Å². The maximum atomic E-state index is 13.6. The Labute approximate surface area is 148 Å². The topological polar surface area (TPSA) is 51.5 Å². The van der Waals surface area contributed by atoms with Crippen LogP contribution in [0.5, 0.6) is 0 Å². The highest BCUT2D eigenvalue weighted by Crippen LogP contribution is 2.39. The number of aryl methyl sites for hydroxylation is 2. The minimum absolute atomic E-state index is 0.0176. The van der Waals surface area contributed by atoms with Crippen molar-refractivity contribution in [3.63, 3.8) is 0 Å². The largest absolute Gasteiger partial charge is 0.435 e. The van der Waals surface area contributed by atoms with Gasteiger partial charge in [-0.1, -0.05) is 29.8 Å². The lowest BCUT2D eigenvalue weighted by Gasteiger charge is -2.09. The molecule has 3 rings (SSSR count). The molecule has 0 bridgehead atoms. The molecule has 0 aliphatic heterocycles.